The van der Waals surface area contributed by atoms with Crippen LogP contribution in [0.5, 0.6) is 0 Å². The smallest absolute Gasteiger partial charge is 0.183 e. The van der Waals surface area contributed by atoms with Crippen LogP contribution in [0, 0.1) is 11.3 Å². The number of aromatic amines is 1. The molecule has 21 heavy (non-hydrogen) atoms. The molecule has 0 spiro atoms. The lowest BCUT2D eigenvalue weighted by Gasteiger charge is -2.05. The van der Waals surface area contributed by atoms with Crippen molar-refractivity contribution in [1.82, 2.24) is 20.2 Å². The highest BCUT2D eigenvalue weighted by Gasteiger charge is 2.19. The topological polar surface area (TPSA) is 102 Å². The highest BCUT2D eigenvalue weighted by molar-refractivity contribution is 5.57. The van der Waals surface area contributed by atoms with Gasteiger partial charge in [-0.05, 0) is 12.8 Å². The molecule has 3 rings (SSSR count). The SMILES string of the molecule is CNc1nc(Nc2cc(C3CCCC3)[nH]n2)cnc1C#N. The third-order valence-corrected chi connectivity index (χ3v) is 3.76. The zero-order valence-corrected chi connectivity index (χ0v) is 11.8. The van der Waals surface area contributed by atoms with E-state index >= 15 is 0 Å². The van der Waals surface area contributed by atoms with E-state index in [1.54, 1.807) is 7.05 Å². The summed E-state index contributed by atoms with van der Waals surface area (Å²) in [5.41, 5.74) is 1.45. The molecule has 1 aliphatic rings. The predicted octanol–water partition coefficient (Wildman–Crippen LogP) is 2.51. The largest absolute Gasteiger partial charge is 0.371 e. The van der Waals surface area contributed by atoms with Gasteiger partial charge in [0.25, 0.3) is 0 Å². The van der Waals surface area contributed by atoms with Crippen molar-refractivity contribution < 1.29 is 0 Å². The van der Waals surface area contributed by atoms with Crippen LogP contribution in [0.4, 0.5) is 17.5 Å². The highest BCUT2D eigenvalue weighted by Crippen LogP contribution is 2.33. The van der Waals surface area contributed by atoms with E-state index in [1.165, 1.54) is 37.6 Å². The van der Waals surface area contributed by atoms with Crippen LogP contribution >= 0.6 is 0 Å². The van der Waals surface area contributed by atoms with E-state index in [4.69, 9.17) is 5.26 Å². The first-order valence-electron chi connectivity index (χ1n) is 7.07. The minimum atomic E-state index is 0.275. The van der Waals surface area contributed by atoms with E-state index in [2.05, 4.69) is 30.8 Å². The molecule has 0 saturated heterocycles. The Bertz CT molecular complexity index is 664. The molecule has 2 heterocycles. The van der Waals surface area contributed by atoms with E-state index in [0.717, 1.165) is 5.82 Å². The van der Waals surface area contributed by atoms with Gasteiger partial charge in [0, 0.05) is 24.7 Å². The Morgan fingerprint density at radius 2 is 2.14 bits per heavy atom. The maximum Gasteiger partial charge on any atom is 0.183 e. The van der Waals surface area contributed by atoms with Crippen LogP contribution in [-0.2, 0) is 0 Å². The van der Waals surface area contributed by atoms with Crippen molar-refractivity contribution >= 4 is 17.5 Å². The minimum absolute atomic E-state index is 0.275. The molecule has 0 aromatic carbocycles. The van der Waals surface area contributed by atoms with Crippen LogP contribution in [-0.4, -0.2) is 27.2 Å². The monoisotopic (exact) mass is 283 g/mol. The molecule has 2 aromatic rings. The van der Waals surface area contributed by atoms with Gasteiger partial charge in [0.15, 0.2) is 23.1 Å². The number of rotatable bonds is 4. The number of H-pyrrole nitrogens is 1. The number of hydrogen-bond donors (Lipinski definition) is 3. The number of nitriles is 1. The fraction of sp³-hybridized carbons (Fsp3) is 0.429. The normalized spacial score (nSPS) is 14.9. The summed E-state index contributed by atoms with van der Waals surface area (Å²) in [6.07, 6.45) is 6.56. The molecule has 1 fully saturated rings. The lowest BCUT2D eigenvalue weighted by Crippen LogP contribution is -2.02. The summed E-state index contributed by atoms with van der Waals surface area (Å²) < 4.78 is 0. The molecule has 1 aliphatic carbocycles. The Kier molecular flexibility index (Phi) is 3.69. The van der Waals surface area contributed by atoms with E-state index < -0.39 is 0 Å². The molecule has 0 bridgehead atoms. The Labute approximate surface area is 122 Å². The molecule has 0 aliphatic heterocycles. The highest BCUT2D eigenvalue weighted by atomic mass is 15.2. The van der Waals surface area contributed by atoms with Gasteiger partial charge in [-0.2, -0.15) is 10.4 Å². The summed E-state index contributed by atoms with van der Waals surface area (Å²) in [5.74, 6) is 2.32. The molecule has 0 unspecified atom stereocenters. The molecule has 1 saturated carbocycles. The number of aromatic nitrogens is 4. The second-order valence-electron chi connectivity index (χ2n) is 5.13. The van der Waals surface area contributed by atoms with E-state index in [0.29, 0.717) is 17.6 Å². The van der Waals surface area contributed by atoms with Crippen molar-refractivity contribution in [3.63, 3.8) is 0 Å². The molecule has 108 valence electrons. The lowest BCUT2D eigenvalue weighted by molar-refractivity contribution is 0.693. The molecular weight excluding hydrogens is 266 g/mol. The van der Waals surface area contributed by atoms with E-state index in [-0.39, 0.29) is 5.69 Å². The average molecular weight is 283 g/mol. The molecule has 0 amide bonds. The number of nitrogens with zero attached hydrogens (tertiary/aromatic N) is 4. The van der Waals surface area contributed by atoms with Gasteiger partial charge in [-0.15, -0.1) is 0 Å². The maximum absolute atomic E-state index is 8.92. The first kappa shape index (κ1) is 13.4. The third kappa shape index (κ3) is 2.79. The van der Waals surface area contributed by atoms with Gasteiger partial charge in [0.05, 0.1) is 6.20 Å². The Morgan fingerprint density at radius 3 is 2.86 bits per heavy atom. The fourth-order valence-electron chi connectivity index (χ4n) is 2.68. The van der Waals surface area contributed by atoms with Gasteiger partial charge in [-0.1, -0.05) is 12.8 Å². The minimum Gasteiger partial charge on any atom is -0.371 e. The van der Waals surface area contributed by atoms with Crippen molar-refractivity contribution in [3.8, 4) is 6.07 Å². The first-order chi connectivity index (χ1) is 10.3. The summed E-state index contributed by atoms with van der Waals surface area (Å²) in [5, 5.41) is 22.2. The van der Waals surface area contributed by atoms with Crippen molar-refractivity contribution in [2.75, 3.05) is 17.7 Å². The summed E-state index contributed by atoms with van der Waals surface area (Å²) in [4.78, 5) is 8.36. The zero-order valence-electron chi connectivity index (χ0n) is 11.8. The van der Waals surface area contributed by atoms with Crippen LogP contribution in [0.15, 0.2) is 12.3 Å². The zero-order chi connectivity index (χ0) is 14.7. The Morgan fingerprint density at radius 1 is 1.33 bits per heavy atom. The molecular formula is C14H17N7. The van der Waals surface area contributed by atoms with Gasteiger partial charge >= 0.3 is 0 Å². The van der Waals surface area contributed by atoms with Crippen LogP contribution in [0.2, 0.25) is 0 Å². The van der Waals surface area contributed by atoms with Gasteiger partial charge < -0.3 is 10.6 Å². The second kappa shape index (κ2) is 5.79. The first-order valence-corrected chi connectivity index (χ1v) is 7.07. The van der Waals surface area contributed by atoms with Crippen molar-refractivity contribution in [1.29, 1.82) is 5.26 Å². The quantitative estimate of drug-likeness (QED) is 0.796. The van der Waals surface area contributed by atoms with Crippen molar-refractivity contribution in [2.45, 2.75) is 31.6 Å². The van der Waals surface area contributed by atoms with Gasteiger partial charge in [-0.3, -0.25) is 5.10 Å². The van der Waals surface area contributed by atoms with Gasteiger partial charge in [0.1, 0.15) is 6.07 Å². The summed E-state index contributed by atoms with van der Waals surface area (Å²) in [6.45, 7) is 0. The van der Waals surface area contributed by atoms with E-state index in [1.807, 2.05) is 12.1 Å². The number of hydrogen-bond acceptors (Lipinski definition) is 6. The van der Waals surface area contributed by atoms with Gasteiger partial charge in [-0.25, -0.2) is 9.97 Å². The van der Waals surface area contributed by atoms with Gasteiger partial charge in [0.2, 0.25) is 0 Å². The summed E-state index contributed by atoms with van der Waals surface area (Å²) in [7, 11) is 1.71. The predicted molar refractivity (Wildman–Crippen MR) is 79.4 cm³/mol. The molecule has 0 atom stereocenters. The van der Waals surface area contributed by atoms with Crippen LogP contribution < -0.4 is 10.6 Å². The fourth-order valence-corrected chi connectivity index (χ4v) is 2.68. The second-order valence-corrected chi connectivity index (χ2v) is 5.13. The number of nitrogens with one attached hydrogen (secondary N) is 3. The molecule has 7 heteroatoms. The van der Waals surface area contributed by atoms with Crippen molar-refractivity contribution in [3.05, 3.63) is 23.7 Å². The average Bonchev–Trinajstić information content (AvgIpc) is 3.17. The van der Waals surface area contributed by atoms with Crippen LogP contribution in [0.25, 0.3) is 0 Å². The standard InChI is InChI=1S/C14H17N7/c1-16-14-11(7-15)17-8-13(19-14)18-12-6-10(20-21-12)9-4-2-3-5-9/h6,8-9H,2-5H2,1H3,(H3,16,18,19,20,21). The third-order valence-electron chi connectivity index (χ3n) is 3.76. The van der Waals surface area contributed by atoms with Crippen LogP contribution in [0.1, 0.15) is 43.0 Å². The molecule has 3 N–H and O–H groups in total. The lowest BCUT2D eigenvalue weighted by atomic mass is 10.0. The molecule has 7 nitrogen and oxygen atoms in total. The van der Waals surface area contributed by atoms with E-state index in [9.17, 15) is 0 Å². The van der Waals surface area contributed by atoms with Crippen molar-refractivity contribution in [2.24, 2.45) is 0 Å². The number of anilines is 3. The summed E-state index contributed by atoms with van der Waals surface area (Å²) in [6, 6.07) is 4.02. The molecule has 2 aromatic heterocycles. The Balaban J connectivity index is 1.76. The summed E-state index contributed by atoms with van der Waals surface area (Å²) >= 11 is 0. The maximum atomic E-state index is 8.92. The van der Waals surface area contributed by atoms with Crippen LogP contribution in [0.3, 0.4) is 0 Å². The Hall–Kier alpha value is -2.62. The molecule has 0 radical (unpaired) electrons.